The van der Waals surface area contributed by atoms with E-state index in [-0.39, 0.29) is 11.4 Å². The fourth-order valence-corrected chi connectivity index (χ4v) is 2.34. The van der Waals surface area contributed by atoms with Crippen LogP contribution in [0.3, 0.4) is 0 Å². The van der Waals surface area contributed by atoms with Crippen LogP contribution in [0.25, 0.3) is 10.1 Å². The van der Waals surface area contributed by atoms with E-state index in [2.05, 4.69) is 0 Å². The Hall–Kier alpha value is -1.62. The molecule has 0 bridgehead atoms. The molecule has 0 aliphatic carbocycles. The number of benzene rings is 1. The molecule has 0 amide bonds. The van der Waals surface area contributed by atoms with Crippen LogP contribution in [0.1, 0.15) is 5.56 Å². The van der Waals surface area contributed by atoms with Gasteiger partial charge >= 0.3 is 5.69 Å². The van der Waals surface area contributed by atoms with Crippen molar-refractivity contribution in [2.75, 3.05) is 0 Å². The molecule has 0 fully saturated rings. The third-order valence-electron chi connectivity index (χ3n) is 2.09. The Labute approximate surface area is 83.6 Å². The lowest BCUT2D eigenvalue weighted by atomic mass is 10.2. The van der Waals surface area contributed by atoms with Gasteiger partial charge in [-0.15, -0.1) is 11.3 Å². The van der Waals surface area contributed by atoms with Crippen molar-refractivity contribution in [3.05, 3.63) is 33.2 Å². The second kappa shape index (κ2) is 2.95. The van der Waals surface area contributed by atoms with Crippen molar-refractivity contribution in [2.24, 2.45) is 0 Å². The number of thiophene rings is 1. The van der Waals surface area contributed by atoms with Crippen LogP contribution in [-0.4, -0.2) is 10.0 Å². The summed E-state index contributed by atoms with van der Waals surface area (Å²) in [6.07, 6.45) is 0. The minimum Gasteiger partial charge on any atom is -0.501 e. The lowest BCUT2D eigenvalue weighted by molar-refractivity contribution is -0.385. The number of phenolic OH excluding ortho intramolecular Hbond substituents is 1. The van der Waals surface area contributed by atoms with Crippen LogP contribution < -0.4 is 0 Å². The van der Waals surface area contributed by atoms with Gasteiger partial charge in [0.2, 0.25) is 5.75 Å². The molecule has 0 unspecified atom stereocenters. The average Bonchev–Trinajstić information content (AvgIpc) is 2.49. The molecule has 1 heterocycles. The highest BCUT2D eigenvalue weighted by Gasteiger charge is 2.17. The van der Waals surface area contributed by atoms with Gasteiger partial charge in [0.25, 0.3) is 0 Å². The molecule has 1 N–H and O–H groups in total. The summed E-state index contributed by atoms with van der Waals surface area (Å²) >= 11 is 1.32. The van der Waals surface area contributed by atoms with Crippen molar-refractivity contribution < 1.29 is 10.0 Å². The topological polar surface area (TPSA) is 63.4 Å². The van der Waals surface area contributed by atoms with Gasteiger partial charge in [0.05, 0.1) is 9.62 Å². The third kappa shape index (κ3) is 1.13. The van der Waals surface area contributed by atoms with Gasteiger partial charge in [0.1, 0.15) is 0 Å². The highest BCUT2D eigenvalue weighted by molar-refractivity contribution is 7.17. The SMILES string of the molecule is Cc1csc2c(O)c([N+](=O)[O-])ccc12. The predicted octanol–water partition coefficient (Wildman–Crippen LogP) is 2.82. The Kier molecular flexibility index (Phi) is 1.89. The average molecular weight is 209 g/mol. The van der Waals surface area contributed by atoms with Crippen LogP contribution >= 0.6 is 11.3 Å². The first-order chi connectivity index (χ1) is 6.61. The summed E-state index contributed by atoms with van der Waals surface area (Å²) in [6.45, 7) is 1.91. The molecule has 72 valence electrons. The lowest BCUT2D eigenvalue weighted by Gasteiger charge is -1.97. The maximum absolute atomic E-state index is 10.5. The van der Waals surface area contributed by atoms with Gasteiger partial charge in [-0.05, 0) is 29.3 Å². The molecule has 0 saturated carbocycles. The molecule has 1 aromatic carbocycles. The molecule has 2 rings (SSSR count). The minimum absolute atomic E-state index is 0.231. The number of aryl methyl sites for hydroxylation is 1. The first-order valence-corrected chi connectivity index (χ1v) is 4.83. The predicted molar refractivity (Wildman–Crippen MR) is 54.9 cm³/mol. The standard InChI is InChI=1S/C9H7NO3S/c1-5-4-14-9-6(5)2-3-7(8(9)11)10(12)13/h2-4,11H,1H3. The van der Waals surface area contributed by atoms with Crippen molar-refractivity contribution in [1.82, 2.24) is 0 Å². The Balaban J connectivity index is 2.82. The van der Waals surface area contributed by atoms with E-state index in [1.807, 2.05) is 12.3 Å². The van der Waals surface area contributed by atoms with Gasteiger partial charge in [-0.2, -0.15) is 0 Å². The van der Waals surface area contributed by atoms with Crippen molar-refractivity contribution in [3.63, 3.8) is 0 Å². The van der Waals surface area contributed by atoms with Gasteiger partial charge in [-0.3, -0.25) is 10.1 Å². The molecular weight excluding hydrogens is 202 g/mol. The molecular formula is C9H7NO3S. The number of fused-ring (bicyclic) bond motifs is 1. The van der Waals surface area contributed by atoms with E-state index in [0.29, 0.717) is 4.70 Å². The maximum atomic E-state index is 10.5. The summed E-state index contributed by atoms with van der Waals surface area (Å²) in [6, 6.07) is 3.00. The Bertz CT molecular complexity index is 518. The van der Waals surface area contributed by atoms with Gasteiger partial charge in [0, 0.05) is 6.07 Å². The molecule has 0 aliphatic rings. The van der Waals surface area contributed by atoms with Gasteiger partial charge < -0.3 is 5.11 Å². The zero-order chi connectivity index (χ0) is 10.3. The Morgan fingerprint density at radius 1 is 1.50 bits per heavy atom. The number of nitrogens with zero attached hydrogens (tertiary/aromatic N) is 1. The summed E-state index contributed by atoms with van der Waals surface area (Å²) < 4.78 is 0.580. The molecule has 0 aliphatic heterocycles. The second-order valence-electron chi connectivity index (χ2n) is 2.99. The molecule has 0 saturated heterocycles. The lowest BCUT2D eigenvalue weighted by Crippen LogP contribution is -1.87. The maximum Gasteiger partial charge on any atom is 0.312 e. The zero-order valence-corrected chi connectivity index (χ0v) is 8.17. The molecule has 0 spiro atoms. The van der Waals surface area contributed by atoms with E-state index in [1.54, 1.807) is 6.07 Å². The monoisotopic (exact) mass is 209 g/mol. The third-order valence-corrected chi connectivity index (χ3v) is 3.21. The van der Waals surface area contributed by atoms with Gasteiger partial charge in [-0.1, -0.05) is 0 Å². The molecule has 5 heteroatoms. The molecule has 0 atom stereocenters. The largest absolute Gasteiger partial charge is 0.501 e. The van der Waals surface area contributed by atoms with Gasteiger partial charge in [0.15, 0.2) is 0 Å². The van der Waals surface area contributed by atoms with E-state index in [4.69, 9.17) is 0 Å². The van der Waals surface area contributed by atoms with E-state index in [1.165, 1.54) is 17.4 Å². The molecule has 14 heavy (non-hydrogen) atoms. The van der Waals surface area contributed by atoms with Gasteiger partial charge in [-0.25, -0.2) is 0 Å². The van der Waals surface area contributed by atoms with Crippen molar-refractivity contribution >= 4 is 27.1 Å². The quantitative estimate of drug-likeness (QED) is 0.580. The number of phenols is 1. The van der Waals surface area contributed by atoms with E-state index < -0.39 is 4.92 Å². The summed E-state index contributed by atoms with van der Waals surface area (Å²) in [4.78, 5) is 9.94. The number of nitro benzene ring substituents is 1. The number of rotatable bonds is 1. The van der Waals surface area contributed by atoms with Crippen molar-refractivity contribution in [1.29, 1.82) is 0 Å². The Morgan fingerprint density at radius 3 is 2.86 bits per heavy atom. The fraction of sp³-hybridized carbons (Fsp3) is 0.111. The van der Waals surface area contributed by atoms with E-state index >= 15 is 0 Å². The van der Waals surface area contributed by atoms with Crippen molar-refractivity contribution in [2.45, 2.75) is 6.92 Å². The van der Waals surface area contributed by atoms with Crippen LogP contribution in [0.2, 0.25) is 0 Å². The number of nitro groups is 1. The number of hydrogen-bond donors (Lipinski definition) is 1. The molecule has 2 aromatic rings. The Morgan fingerprint density at radius 2 is 2.21 bits per heavy atom. The molecule has 4 nitrogen and oxygen atoms in total. The van der Waals surface area contributed by atoms with Crippen LogP contribution in [0.15, 0.2) is 17.5 Å². The summed E-state index contributed by atoms with van der Waals surface area (Å²) in [7, 11) is 0. The number of aromatic hydroxyl groups is 1. The highest BCUT2D eigenvalue weighted by atomic mass is 32.1. The van der Waals surface area contributed by atoms with Crippen LogP contribution in [-0.2, 0) is 0 Å². The summed E-state index contributed by atoms with van der Waals surface area (Å²) in [5.41, 5.74) is 0.787. The van der Waals surface area contributed by atoms with Crippen LogP contribution in [0.4, 0.5) is 5.69 Å². The smallest absolute Gasteiger partial charge is 0.312 e. The first kappa shape index (κ1) is 8.96. The normalized spacial score (nSPS) is 10.6. The first-order valence-electron chi connectivity index (χ1n) is 3.95. The van der Waals surface area contributed by atoms with Crippen LogP contribution in [0.5, 0.6) is 5.75 Å². The second-order valence-corrected chi connectivity index (χ2v) is 3.87. The number of hydrogen-bond acceptors (Lipinski definition) is 4. The van der Waals surface area contributed by atoms with E-state index in [0.717, 1.165) is 10.9 Å². The molecule has 1 aromatic heterocycles. The summed E-state index contributed by atoms with van der Waals surface area (Å²) in [5, 5.41) is 22.9. The summed E-state index contributed by atoms with van der Waals surface area (Å²) in [5.74, 6) is -0.231. The highest BCUT2D eigenvalue weighted by Crippen LogP contribution is 2.38. The van der Waals surface area contributed by atoms with Crippen LogP contribution in [0, 0.1) is 17.0 Å². The molecule has 0 radical (unpaired) electrons. The van der Waals surface area contributed by atoms with Crippen molar-refractivity contribution in [3.8, 4) is 5.75 Å². The van der Waals surface area contributed by atoms with E-state index in [9.17, 15) is 15.2 Å². The zero-order valence-electron chi connectivity index (χ0n) is 7.35. The minimum atomic E-state index is -0.580. The fourth-order valence-electron chi connectivity index (χ4n) is 1.35.